The van der Waals surface area contributed by atoms with Gasteiger partial charge in [0.25, 0.3) is 6.47 Å². The van der Waals surface area contributed by atoms with Gasteiger partial charge in [0, 0.05) is 36.6 Å². The number of carbonyl (C=O) groups excluding carboxylic acids is 4. The standard InChI is InChI=1S/C40H45N9O4.C6H8.C2H4O2/c1-41-24-36(50)42-17-7-6-12-35-44-22-32(45-35)29-16-14-26-19-28(15-13-27(26)20-29)30-21-31-33(23-43-30)47-38(46-31)34-11-8-18-49(34)39(51)37(48-40(52)53-2)25-9-4-3-5-10-25;1-2-4-6-5-3-1;1-4-2-3/h4-5,9-10,13-16,19-23,25,34,37,41H,3,6-8,11-12,17-18,24H2,1-2H3,(H,42,50)(H,44,45)(H,46,47)(H,48,52);1-2,5-6H,3-4H2;2H,1H3. The lowest BCUT2D eigenvalue weighted by Crippen LogP contribution is -2.51. The van der Waals surface area contributed by atoms with Gasteiger partial charge < -0.3 is 40.3 Å². The van der Waals surface area contributed by atoms with E-state index < -0.39 is 12.1 Å². The second kappa shape index (κ2) is 23.4. The fraction of sp³-hybridized carbons (Fsp3) is 0.354. The molecular formula is C48H57N9O6. The van der Waals surface area contributed by atoms with Crippen LogP contribution in [-0.4, -0.2) is 101 Å². The van der Waals surface area contributed by atoms with E-state index in [-0.39, 0.29) is 23.8 Å². The number of unbranched alkanes of at least 4 members (excludes halogenated alkanes) is 1. The minimum atomic E-state index is -0.777. The molecule has 330 valence electrons. The Balaban J connectivity index is 0.000000588. The first-order valence-corrected chi connectivity index (χ1v) is 21.4. The molecule has 1 aliphatic heterocycles. The van der Waals surface area contributed by atoms with E-state index in [1.54, 1.807) is 13.2 Å². The SMILES string of the molecule is C1=CCC=CC1.CNCC(=O)NCCCCc1ncc(-c2ccc3cc(-c4cc5nc(C6CCCN6C(=O)C(NC(=O)OC)C6C=CCC=C6)[nH]c5cn4)ccc3c2)[nH]1.COC=O. The zero-order chi connectivity index (χ0) is 44.4. The van der Waals surface area contributed by atoms with Crippen molar-refractivity contribution >= 4 is 46.2 Å². The number of nitrogens with zero attached hydrogens (tertiary/aromatic N) is 4. The summed E-state index contributed by atoms with van der Waals surface area (Å²) in [7, 11) is 4.37. The van der Waals surface area contributed by atoms with Crippen LogP contribution in [0.1, 0.15) is 62.6 Å². The molecule has 2 aliphatic carbocycles. The molecule has 1 saturated heterocycles. The van der Waals surface area contributed by atoms with E-state index in [1.165, 1.54) is 14.2 Å². The maximum Gasteiger partial charge on any atom is 0.407 e. The number of hydrogen-bond donors (Lipinski definition) is 5. The summed E-state index contributed by atoms with van der Waals surface area (Å²) in [6, 6.07) is 13.6. The normalized spacial score (nSPS) is 15.9. The Morgan fingerprint density at radius 2 is 1.59 bits per heavy atom. The molecule has 5 N–H and O–H groups in total. The molecule has 8 rings (SSSR count). The number of likely N-dealkylation sites (N-methyl/N-ethyl adjacent to an activating group) is 1. The lowest BCUT2D eigenvalue weighted by Gasteiger charge is -2.31. The molecule has 15 heteroatoms. The molecule has 63 heavy (non-hydrogen) atoms. The zero-order valence-corrected chi connectivity index (χ0v) is 36.1. The van der Waals surface area contributed by atoms with Crippen molar-refractivity contribution in [1.82, 2.24) is 45.8 Å². The van der Waals surface area contributed by atoms with Crippen LogP contribution in [0.4, 0.5) is 4.79 Å². The van der Waals surface area contributed by atoms with E-state index >= 15 is 0 Å². The van der Waals surface area contributed by atoms with E-state index in [0.29, 0.717) is 31.9 Å². The van der Waals surface area contributed by atoms with Crippen molar-refractivity contribution in [2.24, 2.45) is 5.92 Å². The third-order valence-electron chi connectivity index (χ3n) is 10.9. The third-order valence-corrected chi connectivity index (χ3v) is 10.9. The molecular weight excluding hydrogens is 799 g/mol. The van der Waals surface area contributed by atoms with Gasteiger partial charge in [0.05, 0.1) is 61.6 Å². The van der Waals surface area contributed by atoms with Gasteiger partial charge in [-0.25, -0.2) is 14.8 Å². The van der Waals surface area contributed by atoms with E-state index in [1.807, 2.05) is 41.5 Å². The van der Waals surface area contributed by atoms with Crippen LogP contribution in [0.5, 0.6) is 0 Å². The Bertz CT molecular complexity index is 2420. The van der Waals surface area contributed by atoms with Gasteiger partial charge in [0.15, 0.2) is 0 Å². The largest absolute Gasteiger partial charge is 0.471 e. The monoisotopic (exact) mass is 855 g/mol. The minimum absolute atomic E-state index is 0.00935. The molecule has 1 fully saturated rings. The quantitative estimate of drug-likeness (QED) is 0.0440. The van der Waals surface area contributed by atoms with Crippen LogP contribution in [0.15, 0.2) is 103 Å². The number of carbonyl (C=O) groups is 4. The average Bonchev–Trinajstić information content (AvgIpc) is 4.12. The van der Waals surface area contributed by atoms with E-state index in [0.717, 1.165) is 102 Å². The highest BCUT2D eigenvalue weighted by molar-refractivity contribution is 5.91. The molecule has 3 amide bonds. The molecule has 3 aromatic heterocycles. The topological polar surface area (TPSA) is 196 Å². The first kappa shape index (κ1) is 45.7. The minimum Gasteiger partial charge on any atom is -0.471 e. The summed E-state index contributed by atoms with van der Waals surface area (Å²) in [5.74, 6) is 1.22. The number of methoxy groups -OCH3 is 2. The van der Waals surface area contributed by atoms with Crippen molar-refractivity contribution in [2.75, 3.05) is 40.9 Å². The number of allylic oxidation sites excluding steroid dienone is 6. The Kier molecular flexibility index (Phi) is 16.9. The summed E-state index contributed by atoms with van der Waals surface area (Å²) < 4.78 is 8.71. The molecule has 0 bridgehead atoms. The van der Waals surface area contributed by atoms with Gasteiger partial charge in [-0.05, 0) is 81.0 Å². The van der Waals surface area contributed by atoms with Crippen molar-refractivity contribution < 1.29 is 28.7 Å². The van der Waals surface area contributed by atoms with Crippen LogP contribution in [0.3, 0.4) is 0 Å². The zero-order valence-electron chi connectivity index (χ0n) is 36.1. The summed E-state index contributed by atoms with van der Waals surface area (Å²) in [5.41, 5.74) is 5.38. The molecule has 2 aromatic carbocycles. The van der Waals surface area contributed by atoms with Crippen molar-refractivity contribution in [3.63, 3.8) is 0 Å². The molecule has 15 nitrogen and oxygen atoms in total. The summed E-state index contributed by atoms with van der Waals surface area (Å²) in [4.78, 5) is 69.7. The van der Waals surface area contributed by atoms with Gasteiger partial charge in [-0.1, -0.05) is 72.9 Å². The van der Waals surface area contributed by atoms with Gasteiger partial charge in [-0.2, -0.15) is 0 Å². The van der Waals surface area contributed by atoms with E-state index in [9.17, 15) is 14.4 Å². The Morgan fingerprint density at radius 1 is 0.889 bits per heavy atom. The molecule has 4 heterocycles. The second-order valence-corrected chi connectivity index (χ2v) is 15.3. The number of H-pyrrole nitrogens is 2. The summed E-state index contributed by atoms with van der Waals surface area (Å²) in [6.07, 6.45) is 27.0. The highest BCUT2D eigenvalue weighted by Crippen LogP contribution is 2.34. The molecule has 5 aromatic rings. The summed E-state index contributed by atoms with van der Waals surface area (Å²) in [5, 5.41) is 10.7. The second-order valence-electron chi connectivity index (χ2n) is 15.3. The maximum atomic E-state index is 14.0. The number of amides is 3. The maximum absolute atomic E-state index is 14.0. The van der Waals surface area contributed by atoms with Gasteiger partial charge in [-0.3, -0.25) is 19.4 Å². The lowest BCUT2D eigenvalue weighted by atomic mass is 9.93. The summed E-state index contributed by atoms with van der Waals surface area (Å²) in [6.45, 7) is 1.94. The van der Waals surface area contributed by atoms with Crippen LogP contribution in [-0.2, 0) is 30.3 Å². The third kappa shape index (κ3) is 12.6. The van der Waals surface area contributed by atoms with Crippen molar-refractivity contribution in [3.8, 4) is 22.5 Å². The smallest absolute Gasteiger partial charge is 0.407 e. The van der Waals surface area contributed by atoms with Crippen LogP contribution in [0, 0.1) is 5.92 Å². The molecule has 2 unspecified atom stereocenters. The number of pyridine rings is 1. The number of benzene rings is 2. The number of aromatic amines is 2. The Hall–Kier alpha value is -6.87. The molecule has 2 atom stereocenters. The van der Waals surface area contributed by atoms with Crippen LogP contribution < -0.4 is 16.0 Å². The Labute approximate surface area is 367 Å². The molecule has 0 spiro atoms. The van der Waals surface area contributed by atoms with Crippen LogP contribution in [0.2, 0.25) is 0 Å². The Morgan fingerprint density at radius 3 is 2.27 bits per heavy atom. The average molecular weight is 856 g/mol. The molecule has 0 saturated carbocycles. The number of ether oxygens (including phenoxy) is 2. The number of fused-ring (bicyclic) bond motifs is 2. The van der Waals surface area contributed by atoms with Crippen LogP contribution >= 0.6 is 0 Å². The highest BCUT2D eigenvalue weighted by Gasteiger charge is 2.38. The first-order chi connectivity index (χ1) is 30.8. The van der Waals surface area contributed by atoms with E-state index in [2.05, 4.69) is 96.3 Å². The summed E-state index contributed by atoms with van der Waals surface area (Å²) >= 11 is 0. The number of imidazole rings is 2. The van der Waals surface area contributed by atoms with Crippen molar-refractivity contribution in [1.29, 1.82) is 0 Å². The number of likely N-dealkylation sites (tertiary alicyclic amines) is 1. The van der Waals surface area contributed by atoms with Crippen molar-refractivity contribution in [3.05, 3.63) is 115 Å². The van der Waals surface area contributed by atoms with Gasteiger partial charge in [-0.15, -0.1) is 0 Å². The molecule has 3 aliphatic rings. The van der Waals surface area contributed by atoms with Gasteiger partial charge in [0.2, 0.25) is 11.8 Å². The predicted molar refractivity (Wildman–Crippen MR) is 244 cm³/mol. The molecule has 0 radical (unpaired) electrons. The van der Waals surface area contributed by atoms with Gasteiger partial charge >= 0.3 is 6.09 Å². The number of rotatable bonds is 14. The highest BCUT2D eigenvalue weighted by atomic mass is 16.5. The first-order valence-electron chi connectivity index (χ1n) is 21.4. The fourth-order valence-corrected chi connectivity index (χ4v) is 7.70. The number of alkyl carbamates (subject to hydrolysis) is 1. The van der Waals surface area contributed by atoms with Gasteiger partial charge in [0.1, 0.15) is 17.7 Å². The number of aromatic nitrogens is 5. The number of aryl methyl sites for hydroxylation is 1. The van der Waals surface area contributed by atoms with E-state index in [4.69, 9.17) is 19.5 Å². The lowest BCUT2D eigenvalue weighted by molar-refractivity contribution is -0.135. The van der Waals surface area contributed by atoms with Crippen LogP contribution in [0.25, 0.3) is 44.3 Å². The van der Waals surface area contributed by atoms with Crippen molar-refractivity contribution in [2.45, 2.75) is 63.5 Å². The predicted octanol–water partition coefficient (Wildman–Crippen LogP) is 7.03. The fourth-order valence-electron chi connectivity index (χ4n) is 7.70. The number of hydrogen-bond acceptors (Lipinski definition) is 10. The number of nitrogens with one attached hydrogen (secondary N) is 5.